The van der Waals surface area contributed by atoms with E-state index in [-0.39, 0.29) is 0 Å². The molecule has 0 atom stereocenters. The van der Waals surface area contributed by atoms with Crippen LogP contribution in [-0.2, 0) is 5.41 Å². The van der Waals surface area contributed by atoms with Gasteiger partial charge in [0, 0.05) is 22.3 Å². The normalized spacial score (nSPS) is 13.3. The molecule has 236 valence electrons. The SMILES string of the molecule is c1ccc2c(c1)-c1ccccc1C21c2ccccc2-c2nc(-c3ccc(-c4ccc5ccccc5c4)cc3)nc(-c3cccc4ccccc34)c21. The van der Waals surface area contributed by atoms with Crippen LogP contribution in [0.15, 0.2) is 182 Å². The number of rotatable bonds is 3. The van der Waals surface area contributed by atoms with Crippen molar-refractivity contribution in [2.24, 2.45) is 0 Å². The lowest BCUT2D eigenvalue weighted by Gasteiger charge is -2.31. The lowest BCUT2D eigenvalue weighted by Crippen LogP contribution is -2.27. The maximum Gasteiger partial charge on any atom is 0.160 e. The molecule has 11 rings (SSSR count). The molecule has 0 bridgehead atoms. The van der Waals surface area contributed by atoms with Crippen LogP contribution >= 0.6 is 0 Å². The average Bonchev–Trinajstić information content (AvgIpc) is 3.67. The Morgan fingerprint density at radius 3 is 1.55 bits per heavy atom. The fraction of sp³-hybridized carbons (Fsp3) is 0.0204. The fourth-order valence-corrected chi connectivity index (χ4v) is 8.89. The Balaban J connectivity index is 1.20. The van der Waals surface area contributed by atoms with Crippen LogP contribution in [0.4, 0.5) is 0 Å². The van der Waals surface area contributed by atoms with Gasteiger partial charge in [0.05, 0.1) is 16.8 Å². The number of hydrogen-bond acceptors (Lipinski definition) is 2. The molecular weight excluding hydrogens is 617 g/mol. The van der Waals surface area contributed by atoms with E-state index in [1.807, 2.05) is 0 Å². The van der Waals surface area contributed by atoms with E-state index in [4.69, 9.17) is 9.97 Å². The van der Waals surface area contributed by atoms with Gasteiger partial charge in [-0.05, 0) is 66.6 Å². The van der Waals surface area contributed by atoms with Crippen LogP contribution in [0, 0.1) is 0 Å². The molecule has 9 aromatic rings. The number of nitrogens with zero attached hydrogens (tertiary/aromatic N) is 2. The molecule has 2 heteroatoms. The number of fused-ring (bicyclic) bond motifs is 12. The Bertz CT molecular complexity index is 2810. The van der Waals surface area contributed by atoms with Gasteiger partial charge in [0.2, 0.25) is 0 Å². The van der Waals surface area contributed by atoms with Gasteiger partial charge in [-0.25, -0.2) is 9.97 Å². The summed E-state index contributed by atoms with van der Waals surface area (Å²) >= 11 is 0. The van der Waals surface area contributed by atoms with Crippen LogP contribution in [-0.4, -0.2) is 9.97 Å². The minimum atomic E-state index is -0.552. The van der Waals surface area contributed by atoms with Crippen LogP contribution in [0.5, 0.6) is 0 Å². The van der Waals surface area contributed by atoms with Crippen LogP contribution in [0.2, 0.25) is 0 Å². The molecule has 0 saturated heterocycles. The first-order valence-electron chi connectivity index (χ1n) is 17.6. The van der Waals surface area contributed by atoms with E-state index >= 15 is 0 Å². The maximum absolute atomic E-state index is 5.62. The smallest absolute Gasteiger partial charge is 0.160 e. The molecule has 1 heterocycles. The molecule has 2 aliphatic carbocycles. The van der Waals surface area contributed by atoms with Crippen molar-refractivity contribution in [2.75, 3.05) is 0 Å². The standard InChI is InChI=1S/C49H30N2/c1-2-14-35-30-36(29-26-31(35)12-1)32-24-27-34(28-25-32)48-50-46(40-20-11-15-33-13-3-4-16-37(33)40)45-47(51-48)41-19-7-10-23-44(41)49(45)42-21-8-5-17-38(42)39-18-6-9-22-43(39)49/h1-30H. The van der Waals surface area contributed by atoms with Gasteiger partial charge in [-0.1, -0.05) is 176 Å². The second-order valence-electron chi connectivity index (χ2n) is 13.7. The first kappa shape index (κ1) is 28.2. The lowest BCUT2D eigenvalue weighted by molar-refractivity contribution is 0.788. The zero-order valence-corrected chi connectivity index (χ0v) is 27.7. The van der Waals surface area contributed by atoms with Gasteiger partial charge >= 0.3 is 0 Å². The van der Waals surface area contributed by atoms with E-state index < -0.39 is 5.41 Å². The largest absolute Gasteiger partial charge is 0.228 e. The molecule has 0 N–H and O–H groups in total. The Morgan fingerprint density at radius 2 is 0.824 bits per heavy atom. The van der Waals surface area contributed by atoms with Gasteiger partial charge < -0.3 is 0 Å². The number of hydrogen-bond donors (Lipinski definition) is 0. The van der Waals surface area contributed by atoms with Gasteiger partial charge in [-0.2, -0.15) is 0 Å². The zero-order valence-electron chi connectivity index (χ0n) is 27.7. The molecule has 0 fully saturated rings. The van der Waals surface area contributed by atoms with Gasteiger partial charge in [0.25, 0.3) is 0 Å². The molecule has 0 aliphatic heterocycles. The molecular formula is C49H30N2. The monoisotopic (exact) mass is 646 g/mol. The molecule has 0 radical (unpaired) electrons. The summed E-state index contributed by atoms with van der Waals surface area (Å²) < 4.78 is 0. The van der Waals surface area contributed by atoms with Crippen molar-refractivity contribution in [3.8, 4) is 56.2 Å². The highest BCUT2D eigenvalue weighted by molar-refractivity contribution is 6.02. The van der Waals surface area contributed by atoms with E-state index in [1.165, 1.54) is 60.5 Å². The molecule has 0 saturated carbocycles. The van der Waals surface area contributed by atoms with Gasteiger partial charge in [-0.3, -0.25) is 0 Å². The van der Waals surface area contributed by atoms with Crippen molar-refractivity contribution in [1.29, 1.82) is 0 Å². The summed E-state index contributed by atoms with van der Waals surface area (Å²) in [6.45, 7) is 0. The summed E-state index contributed by atoms with van der Waals surface area (Å²) in [5.74, 6) is 0.730. The summed E-state index contributed by atoms with van der Waals surface area (Å²) in [7, 11) is 0. The minimum absolute atomic E-state index is 0.552. The van der Waals surface area contributed by atoms with Crippen molar-refractivity contribution in [3.05, 3.63) is 204 Å². The molecule has 2 aliphatic rings. The number of aromatic nitrogens is 2. The van der Waals surface area contributed by atoms with E-state index in [1.54, 1.807) is 0 Å². The fourth-order valence-electron chi connectivity index (χ4n) is 8.89. The lowest BCUT2D eigenvalue weighted by atomic mass is 9.69. The molecule has 51 heavy (non-hydrogen) atoms. The molecule has 1 spiro atoms. The number of benzene rings is 8. The summed E-state index contributed by atoms with van der Waals surface area (Å²) in [6.07, 6.45) is 0. The van der Waals surface area contributed by atoms with Crippen LogP contribution in [0.3, 0.4) is 0 Å². The van der Waals surface area contributed by atoms with E-state index in [9.17, 15) is 0 Å². The Morgan fingerprint density at radius 1 is 0.333 bits per heavy atom. The summed E-state index contributed by atoms with van der Waals surface area (Å²) in [4.78, 5) is 11.1. The molecule has 1 aromatic heterocycles. The van der Waals surface area contributed by atoms with Crippen LogP contribution in [0.1, 0.15) is 22.3 Å². The van der Waals surface area contributed by atoms with Crippen molar-refractivity contribution < 1.29 is 0 Å². The Kier molecular flexibility index (Phi) is 5.91. The van der Waals surface area contributed by atoms with Crippen molar-refractivity contribution in [3.63, 3.8) is 0 Å². The quantitative estimate of drug-likeness (QED) is 0.191. The summed E-state index contributed by atoms with van der Waals surface area (Å²) in [5.41, 5.74) is 14.6. The average molecular weight is 647 g/mol. The first-order chi connectivity index (χ1) is 25.3. The predicted octanol–water partition coefficient (Wildman–Crippen LogP) is 12.1. The first-order valence-corrected chi connectivity index (χ1v) is 17.6. The molecule has 8 aromatic carbocycles. The van der Waals surface area contributed by atoms with Gasteiger partial charge in [-0.15, -0.1) is 0 Å². The third-order valence-corrected chi connectivity index (χ3v) is 11.1. The Labute approximate surface area is 296 Å². The third kappa shape index (κ3) is 3.93. The zero-order chi connectivity index (χ0) is 33.5. The Hall–Kier alpha value is -6.64. The summed E-state index contributed by atoms with van der Waals surface area (Å²) in [5, 5.41) is 4.86. The van der Waals surface area contributed by atoms with Gasteiger partial charge in [0.15, 0.2) is 5.82 Å². The predicted molar refractivity (Wildman–Crippen MR) is 210 cm³/mol. The molecule has 0 unspecified atom stereocenters. The summed E-state index contributed by atoms with van der Waals surface area (Å²) in [6, 6.07) is 65.9. The van der Waals surface area contributed by atoms with Crippen molar-refractivity contribution in [1.82, 2.24) is 9.97 Å². The van der Waals surface area contributed by atoms with Crippen LogP contribution in [0.25, 0.3) is 77.7 Å². The topological polar surface area (TPSA) is 25.8 Å². The van der Waals surface area contributed by atoms with Crippen LogP contribution < -0.4 is 0 Å². The van der Waals surface area contributed by atoms with E-state index in [0.29, 0.717) is 0 Å². The highest BCUT2D eigenvalue weighted by atomic mass is 14.9. The van der Waals surface area contributed by atoms with Crippen molar-refractivity contribution >= 4 is 21.5 Å². The third-order valence-electron chi connectivity index (χ3n) is 11.1. The van der Waals surface area contributed by atoms with E-state index in [2.05, 4.69) is 182 Å². The maximum atomic E-state index is 5.62. The molecule has 0 amide bonds. The minimum Gasteiger partial charge on any atom is -0.228 e. The second kappa shape index (κ2) is 10.7. The molecule has 2 nitrogen and oxygen atoms in total. The highest BCUT2D eigenvalue weighted by Crippen LogP contribution is 2.64. The second-order valence-corrected chi connectivity index (χ2v) is 13.7. The van der Waals surface area contributed by atoms with E-state index in [0.717, 1.165) is 39.5 Å². The highest BCUT2D eigenvalue weighted by Gasteiger charge is 2.54. The van der Waals surface area contributed by atoms with Gasteiger partial charge in [0.1, 0.15) is 0 Å². The van der Waals surface area contributed by atoms with Crippen molar-refractivity contribution in [2.45, 2.75) is 5.41 Å².